The van der Waals surface area contributed by atoms with E-state index < -0.39 is 0 Å². The maximum absolute atomic E-state index is 8.62. The highest BCUT2D eigenvalue weighted by Crippen LogP contribution is 2.11. The zero-order valence-corrected chi connectivity index (χ0v) is 11.7. The fourth-order valence-electron chi connectivity index (χ4n) is 1.41. The van der Waals surface area contributed by atoms with E-state index in [4.69, 9.17) is 19.7 Å². The van der Waals surface area contributed by atoms with Crippen molar-refractivity contribution in [3.63, 3.8) is 0 Å². The van der Waals surface area contributed by atoms with Gasteiger partial charge >= 0.3 is 0 Å². The van der Waals surface area contributed by atoms with E-state index in [0.717, 1.165) is 24.4 Å². The van der Waals surface area contributed by atoms with Crippen LogP contribution in [-0.4, -0.2) is 49.8 Å². The van der Waals surface area contributed by atoms with Gasteiger partial charge in [0, 0.05) is 13.1 Å². The zero-order valence-electron chi connectivity index (χ0n) is 10.9. The monoisotopic (exact) mass is 291 g/mol. The van der Waals surface area contributed by atoms with E-state index in [1.54, 1.807) is 0 Å². The molecular formula is C13H22ClNO4. The van der Waals surface area contributed by atoms with E-state index in [9.17, 15) is 0 Å². The summed E-state index contributed by atoms with van der Waals surface area (Å²) in [6.45, 7) is 2.91. The van der Waals surface area contributed by atoms with Crippen LogP contribution in [0.2, 0.25) is 0 Å². The summed E-state index contributed by atoms with van der Waals surface area (Å²) < 4.78 is 10.4. The molecular weight excluding hydrogens is 270 g/mol. The van der Waals surface area contributed by atoms with Gasteiger partial charge in [-0.05, 0) is 17.7 Å². The fraction of sp³-hybridized carbons (Fsp3) is 0.538. The van der Waals surface area contributed by atoms with Crippen molar-refractivity contribution in [1.82, 2.24) is 5.32 Å². The second-order valence-corrected chi connectivity index (χ2v) is 3.73. The first-order chi connectivity index (χ1) is 8.86. The molecule has 0 amide bonds. The third kappa shape index (κ3) is 8.80. The summed E-state index contributed by atoms with van der Waals surface area (Å²) in [7, 11) is 0. The van der Waals surface area contributed by atoms with Crippen molar-refractivity contribution in [2.45, 2.75) is 6.54 Å². The molecule has 3 N–H and O–H groups in total. The Bertz CT molecular complexity index is 308. The molecule has 1 aromatic carbocycles. The number of ether oxygens (including phenoxy) is 2. The number of rotatable bonds is 10. The van der Waals surface area contributed by atoms with E-state index in [1.807, 2.05) is 24.3 Å². The fourth-order valence-corrected chi connectivity index (χ4v) is 1.41. The van der Waals surface area contributed by atoms with Gasteiger partial charge in [0.1, 0.15) is 12.4 Å². The van der Waals surface area contributed by atoms with E-state index in [2.05, 4.69) is 5.32 Å². The van der Waals surface area contributed by atoms with Crippen LogP contribution in [0.15, 0.2) is 24.3 Å². The standard InChI is InChI=1S/C13H21NO4.ClH/c15-6-9-17-8-5-14-11-12-1-3-13(4-2-12)18-10-7-16;/h1-4,14-16H,5-11H2;1H. The third-order valence-electron chi connectivity index (χ3n) is 2.27. The van der Waals surface area contributed by atoms with E-state index >= 15 is 0 Å². The number of hydrogen-bond acceptors (Lipinski definition) is 5. The molecule has 0 saturated carbocycles. The van der Waals surface area contributed by atoms with Crippen LogP contribution in [0.3, 0.4) is 0 Å². The third-order valence-corrected chi connectivity index (χ3v) is 2.27. The summed E-state index contributed by atoms with van der Waals surface area (Å²) in [6, 6.07) is 7.73. The van der Waals surface area contributed by atoms with Crippen molar-refractivity contribution >= 4 is 12.4 Å². The predicted molar refractivity (Wildman–Crippen MR) is 75.9 cm³/mol. The summed E-state index contributed by atoms with van der Waals surface area (Å²) in [6.07, 6.45) is 0. The minimum atomic E-state index is 0. The van der Waals surface area contributed by atoms with E-state index in [0.29, 0.717) is 19.8 Å². The Balaban J connectivity index is 0.00000324. The maximum atomic E-state index is 8.62. The molecule has 0 unspecified atom stereocenters. The van der Waals surface area contributed by atoms with Gasteiger partial charge in [0.15, 0.2) is 0 Å². The number of hydrogen-bond donors (Lipinski definition) is 3. The molecule has 0 aliphatic carbocycles. The molecule has 1 rings (SSSR count). The number of halogens is 1. The topological polar surface area (TPSA) is 71.0 Å². The molecule has 1 aromatic rings. The molecule has 0 aliphatic rings. The van der Waals surface area contributed by atoms with Gasteiger partial charge in [-0.15, -0.1) is 12.4 Å². The van der Waals surface area contributed by atoms with E-state index in [1.165, 1.54) is 0 Å². The summed E-state index contributed by atoms with van der Waals surface area (Å²) in [4.78, 5) is 0. The minimum absolute atomic E-state index is 0. The van der Waals surface area contributed by atoms with Gasteiger partial charge in [0.2, 0.25) is 0 Å². The van der Waals surface area contributed by atoms with Crippen LogP contribution in [0.4, 0.5) is 0 Å². The molecule has 0 atom stereocenters. The molecule has 110 valence electrons. The number of aliphatic hydroxyl groups excluding tert-OH is 2. The van der Waals surface area contributed by atoms with Crippen molar-refractivity contribution in [3.8, 4) is 5.75 Å². The van der Waals surface area contributed by atoms with Crippen LogP contribution in [-0.2, 0) is 11.3 Å². The summed E-state index contributed by atoms with van der Waals surface area (Å²) in [5.41, 5.74) is 1.16. The molecule has 0 radical (unpaired) electrons. The largest absolute Gasteiger partial charge is 0.491 e. The van der Waals surface area contributed by atoms with Crippen molar-refractivity contribution in [2.24, 2.45) is 0 Å². The van der Waals surface area contributed by atoms with Crippen molar-refractivity contribution < 1.29 is 19.7 Å². The molecule has 0 saturated heterocycles. The SMILES string of the molecule is Cl.OCCOCCNCc1ccc(OCCO)cc1. The van der Waals surface area contributed by atoms with Gasteiger partial charge < -0.3 is 25.0 Å². The summed E-state index contributed by atoms with van der Waals surface area (Å²) >= 11 is 0. The van der Waals surface area contributed by atoms with Gasteiger partial charge in [-0.1, -0.05) is 12.1 Å². The Hall–Kier alpha value is -0.850. The second kappa shape index (κ2) is 12.2. The average Bonchev–Trinajstić information content (AvgIpc) is 2.42. The molecule has 0 fully saturated rings. The summed E-state index contributed by atoms with van der Waals surface area (Å²) in [5.74, 6) is 0.763. The Morgan fingerprint density at radius 2 is 1.63 bits per heavy atom. The maximum Gasteiger partial charge on any atom is 0.119 e. The van der Waals surface area contributed by atoms with Gasteiger partial charge in [-0.3, -0.25) is 0 Å². The first-order valence-electron chi connectivity index (χ1n) is 6.08. The van der Waals surface area contributed by atoms with Crippen LogP contribution < -0.4 is 10.1 Å². The lowest BCUT2D eigenvalue weighted by molar-refractivity contribution is 0.0938. The molecule has 0 aromatic heterocycles. The van der Waals surface area contributed by atoms with Gasteiger partial charge in [-0.25, -0.2) is 0 Å². The molecule has 5 nitrogen and oxygen atoms in total. The smallest absolute Gasteiger partial charge is 0.119 e. The van der Waals surface area contributed by atoms with Gasteiger partial charge in [-0.2, -0.15) is 0 Å². The molecule has 0 heterocycles. The van der Waals surface area contributed by atoms with Crippen LogP contribution in [0.25, 0.3) is 0 Å². The quantitative estimate of drug-likeness (QED) is 0.550. The predicted octanol–water partition coefficient (Wildman–Crippen LogP) is 0.578. The van der Waals surface area contributed by atoms with Gasteiger partial charge in [0.05, 0.1) is 26.4 Å². The molecule has 0 aliphatic heterocycles. The Kier molecular flexibility index (Phi) is 11.7. The highest BCUT2D eigenvalue weighted by atomic mass is 35.5. The van der Waals surface area contributed by atoms with Crippen molar-refractivity contribution in [3.05, 3.63) is 29.8 Å². The number of benzene rings is 1. The lowest BCUT2D eigenvalue weighted by atomic mass is 10.2. The number of aliphatic hydroxyl groups is 2. The molecule has 19 heavy (non-hydrogen) atoms. The number of nitrogens with one attached hydrogen (secondary N) is 1. The zero-order chi connectivity index (χ0) is 13.1. The van der Waals surface area contributed by atoms with Crippen LogP contribution in [0.1, 0.15) is 5.56 Å². The lowest BCUT2D eigenvalue weighted by Gasteiger charge is -2.07. The van der Waals surface area contributed by atoms with Crippen LogP contribution in [0.5, 0.6) is 5.75 Å². The highest BCUT2D eigenvalue weighted by Gasteiger charge is 1.95. The van der Waals surface area contributed by atoms with Crippen molar-refractivity contribution in [1.29, 1.82) is 0 Å². The molecule has 0 spiro atoms. The second-order valence-electron chi connectivity index (χ2n) is 3.73. The van der Waals surface area contributed by atoms with Gasteiger partial charge in [0.25, 0.3) is 0 Å². The molecule has 6 heteroatoms. The Morgan fingerprint density at radius 1 is 0.947 bits per heavy atom. The first kappa shape index (κ1) is 18.1. The van der Waals surface area contributed by atoms with Crippen LogP contribution in [0, 0.1) is 0 Å². The average molecular weight is 292 g/mol. The summed E-state index contributed by atoms with van der Waals surface area (Å²) in [5, 5.41) is 20.4. The lowest BCUT2D eigenvalue weighted by Crippen LogP contribution is -2.19. The van der Waals surface area contributed by atoms with Crippen LogP contribution >= 0.6 is 12.4 Å². The highest BCUT2D eigenvalue weighted by molar-refractivity contribution is 5.85. The van der Waals surface area contributed by atoms with E-state index in [-0.39, 0.29) is 25.6 Å². The first-order valence-corrected chi connectivity index (χ1v) is 6.08. The Morgan fingerprint density at radius 3 is 2.26 bits per heavy atom. The Labute approximate surface area is 120 Å². The van der Waals surface area contributed by atoms with Crippen molar-refractivity contribution in [2.75, 3.05) is 39.6 Å². The minimum Gasteiger partial charge on any atom is -0.491 e. The normalized spacial score (nSPS) is 10.0. The molecule has 0 bridgehead atoms.